The van der Waals surface area contributed by atoms with Crippen molar-refractivity contribution in [2.24, 2.45) is 4.99 Å². The number of likely N-dealkylation sites (tertiary alicyclic amines) is 1. The fraction of sp³-hybridized carbons (Fsp3) is 0.435. The molecule has 2 N–H and O–H groups in total. The molecule has 0 atom stereocenters. The largest absolute Gasteiger partial charge is 0.468 e. The van der Waals surface area contributed by atoms with Crippen LogP contribution in [0, 0.1) is 0 Å². The summed E-state index contributed by atoms with van der Waals surface area (Å²) in [5, 5.41) is 10.6. The van der Waals surface area contributed by atoms with Gasteiger partial charge in [0.15, 0.2) is 5.96 Å². The second kappa shape index (κ2) is 12.0. The molecule has 0 saturated carbocycles. The molecule has 0 aliphatic carbocycles. The van der Waals surface area contributed by atoms with Gasteiger partial charge in [0.1, 0.15) is 17.9 Å². The van der Waals surface area contributed by atoms with Crippen molar-refractivity contribution >= 4 is 29.9 Å². The van der Waals surface area contributed by atoms with Crippen molar-refractivity contribution in [1.82, 2.24) is 30.3 Å². The zero-order valence-corrected chi connectivity index (χ0v) is 21.0. The van der Waals surface area contributed by atoms with E-state index in [2.05, 4.69) is 66.6 Å². The number of furan rings is 1. The number of aromatic nitrogens is 3. The van der Waals surface area contributed by atoms with E-state index in [-0.39, 0.29) is 24.0 Å². The van der Waals surface area contributed by atoms with E-state index in [4.69, 9.17) is 4.42 Å². The molecule has 0 bridgehead atoms. The average Bonchev–Trinajstić information content (AvgIpc) is 3.50. The second-order valence-corrected chi connectivity index (χ2v) is 8.05. The molecule has 0 amide bonds. The fourth-order valence-electron chi connectivity index (χ4n) is 4.18. The van der Waals surface area contributed by atoms with Gasteiger partial charge >= 0.3 is 0 Å². The minimum atomic E-state index is 0. The number of rotatable bonds is 7. The van der Waals surface area contributed by atoms with Crippen molar-refractivity contribution in [3.05, 3.63) is 71.7 Å². The van der Waals surface area contributed by atoms with Gasteiger partial charge in [-0.1, -0.05) is 24.3 Å². The standard InChI is InChI=1S/C23H31N7O.HI/c1-24-23(30-11-9-18(10-12-30)22-26-17-27-28-22)25-14-19-6-3-4-7-20(19)15-29(2)16-21-8-5-13-31-21;/h3-8,13,17-18H,9-12,14-16H2,1-2H3,(H,24,25)(H,26,27,28);1H. The highest BCUT2D eigenvalue weighted by atomic mass is 127. The van der Waals surface area contributed by atoms with E-state index in [1.165, 1.54) is 11.1 Å². The number of H-pyrrole nitrogens is 1. The van der Waals surface area contributed by atoms with Crippen LogP contribution in [0.3, 0.4) is 0 Å². The third kappa shape index (κ3) is 6.32. The molecule has 172 valence electrons. The quantitative estimate of drug-likeness (QED) is 0.266. The molecule has 8 nitrogen and oxygen atoms in total. The topological polar surface area (TPSA) is 85.6 Å². The zero-order valence-electron chi connectivity index (χ0n) is 18.7. The van der Waals surface area contributed by atoms with Gasteiger partial charge in [-0.3, -0.25) is 15.0 Å². The number of piperidine rings is 1. The molecule has 32 heavy (non-hydrogen) atoms. The molecule has 3 heterocycles. The third-order valence-corrected chi connectivity index (χ3v) is 5.83. The van der Waals surface area contributed by atoms with Crippen LogP contribution in [0.5, 0.6) is 0 Å². The lowest BCUT2D eigenvalue weighted by molar-refractivity contribution is 0.286. The summed E-state index contributed by atoms with van der Waals surface area (Å²) >= 11 is 0. The lowest BCUT2D eigenvalue weighted by atomic mass is 9.96. The Hall–Kier alpha value is -2.40. The Labute approximate surface area is 206 Å². The lowest BCUT2D eigenvalue weighted by Crippen LogP contribution is -2.45. The maximum atomic E-state index is 5.48. The summed E-state index contributed by atoms with van der Waals surface area (Å²) in [6, 6.07) is 12.5. The van der Waals surface area contributed by atoms with Gasteiger partial charge in [-0.2, -0.15) is 5.10 Å². The smallest absolute Gasteiger partial charge is 0.193 e. The van der Waals surface area contributed by atoms with Crippen molar-refractivity contribution in [3.8, 4) is 0 Å². The molecule has 1 aromatic carbocycles. The highest BCUT2D eigenvalue weighted by Gasteiger charge is 2.24. The molecular weight excluding hydrogens is 517 g/mol. The van der Waals surface area contributed by atoms with E-state index in [0.29, 0.717) is 5.92 Å². The predicted octanol–water partition coefficient (Wildman–Crippen LogP) is 3.60. The van der Waals surface area contributed by atoms with Crippen LogP contribution in [0.15, 0.2) is 58.4 Å². The Bertz CT molecular complexity index is 951. The van der Waals surface area contributed by atoms with Gasteiger partial charge in [0.2, 0.25) is 0 Å². The van der Waals surface area contributed by atoms with Gasteiger partial charge in [-0.25, -0.2) is 4.98 Å². The third-order valence-electron chi connectivity index (χ3n) is 5.83. The predicted molar refractivity (Wildman–Crippen MR) is 136 cm³/mol. The van der Waals surface area contributed by atoms with Crippen LogP contribution in [0.1, 0.15) is 41.5 Å². The monoisotopic (exact) mass is 549 g/mol. The second-order valence-electron chi connectivity index (χ2n) is 8.05. The Morgan fingerprint density at radius 1 is 1.19 bits per heavy atom. The molecule has 0 radical (unpaired) electrons. The molecule has 9 heteroatoms. The summed E-state index contributed by atoms with van der Waals surface area (Å²) in [5.41, 5.74) is 2.59. The molecular formula is C23H32IN7O. The number of hydrogen-bond donors (Lipinski definition) is 2. The summed E-state index contributed by atoms with van der Waals surface area (Å²) in [6.07, 6.45) is 5.40. The van der Waals surface area contributed by atoms with Crippen LogP contribution >= 0.6 is 24.0 Å². The number of nitrogens with zero attached hydrogens (tertiary/aromatic N) is 5. The van der Waals surface area contributed by atoms with Gasteiger partial charge < -0.3 is 14.6 Å². The average molecular weight is 549 g/mol. The van der Waals surface area contributed by atoms with Crippen molar-refractivity contribution in [2.45, 2.75) is 38.4 Å². The number of guanidine groups is 1. The van der Waals surface area contributed by atoms with Crippen LogP contribution < -0.4 is 5.32 Å². The highest BCUT2D eigenvalue weighted by molar-refractivity contribution is 14.0. The Kier molecular flexibility index (Phi) is 9.10. The van der Waals surface area contributed by atoms with Crippen LogP contribution in [-0.4, -0.2) is 58.1 Å². The molecule has 4 rings (SSSR count). The molecule has 0 unspecified atom stereocenters. The Morgan fingerprint density at radius 3 is 2.62 bits per heavy atom. The molecule has 2 aromatic heterocycles. The normalized spacial score (nSPS) is 15.1. The van der Waals surface area contributed by atoms with Gasteiger partial charge in [-0.15, -0.1) is 24.0 Å². The van der Waals surface area contributed by atoms with Gasteiger partial charge in [0.25, 0.3) is 0 Å². The first-order valence-electron chi connectivity index (χ1n) is 10.8. The van der Waals surface area contributed by atoms with Crippen LogP contribution in [0.2, 0.25) is 0 Å². The first kappa shape index (κ1) is 24.2. The van der Waals surface area contributed by atoms with E-state index < -0.39 is 0 Å². The maximum Gasteiger partial charge on any atom is 0.193 e. The Morgan fingerprint density at radius 2 is 1.97 bits per heavy atom. The van der Waals surface area contributed by atoms with Crippen molar-refractivity contribution in [2.75, 3.05) is 27.2 Å². The molecule has 1 aliphatic heterocycles. The lowest BCUT2D eigenvalue weighted by Gasteiger charge is -2.33. The molecule has 0 spiro atoms. The van der Waals surface area contributed by atoms with E-state index in [1.54, 1.807) is 12.6 Å². The minimum Gasteiger partial charge on any atom is -0.468 e. The molecule has 1 saturated heterocycles. The maximum absolute atomic E-state index is 5.48. The number of benzene rings is 1. The Balaban J connectivity index is 0.00000289. The van der Waals surface area contributed by atoms with E-state index >= 15 is 0 Å². The first-order valence-corrected chi connectivity index (χ1v) is 10.8. The molecule has 3 aromatic rings. The van der Waals surface area contributed by atoms with Gasteiger partial charge in [0.05, 0.1) is 12.8 Å². The summed E-state index contributed by atoms with van der Waals surface area (Å²) in [4.78, 5) is 13.4. The summed E-state index contributed by atoms with van der Waals surface area (Å²) < 4.78 is 5.48. The zero-order chi connectivity index (χ0) is 21.5. The summed E-state index contributed by atoms with van der Waals surface area (Å²) in [7, 11) is 3.97. The molecule has 1 fully saturated rings. The van der Waals surface area contributed by atoms with Crippen LogP contribution in [-0.2, 0) is 19.6 Å². The number of hydrogen-bond acceptors (Lipinski definition) is 5. The van der Waals surface area contributed by atoms with Gasteiger partial charge in [0, 0.05) is 39.1 Å². The van der Waals surface area contributed by atoms with Crippen molar-refractivity contribution in [3.63, 3.8) is 0 Å². The van der Waals surface area contributed by atoms with E-state index in [9.17, 15) is 0 Å². The number of halogens is 1. The summed E-state index contributed by atoms with van der Waals surface area (Å²) in [5.74, 6) is 3.37. The minimum absolute atomic E-state index is 0. The number of aromatic amines is 1. The molecule has 1 aliphatic rings. The number of nitrogens with one attached hydrogen (secondary N) is 2. The number of aliphatic imine (C=N–C) groups is 1. The van der Waals surface area contributed by atoms with E-state index in [0.717, 1.165) is 63.1 Å². The van der Waals surface area contributed by atoms with E-state index in [1.807, 2.05) is 19.2 Å². The van der Waals surface area contributed by atoms with Crippen molar-refractivity contribution in [1.29, 1.82) is 0 Å². The SMILES string of the molecule is CN=C(NCc1ccccc1CN(C)Cc1ccco1)N1CCC(c2ncn[nH]2)CC1.I. The van der Waals surface area contributed by atoms with Crippen molar-refractivity contribution < 1.29 is 4.42 Å². The first-order chi connectivity index (χ1) is 15.2. The van der Waals surface area contributed by atoms with Crippen LogP contribution in [0.25, 0.3) is 0 Å². The summed E-state index contributed by atoms with van der Waals surface area (Å²) in [6.45, 7) is 4.31. The van der Waals surface area contributed by atoms with Gasteiger partial charge in [-0.05, 0) is 43.1 Å². The fourth-order valence-corrected chi connectivity index (χ4v) is 4.18. The highest BCUT2D eigenvalue weighted by Crippen LogP contribution is 2.25. The van der Waals surface area contributed by atoms with Crippen LogP contribution in [0.4, 0.5) is 0 Å².